The van der Waals surface area contributed by atoms with E-state index in [4.69, 9.17) is 4.74 Å². The summed E-state index contributed by atoms with van der Waals surface area (Å²) in [4.78, 5) is 6.23. The quantitative estimate of drug-likeness (QED) is 0.853. The van der Waals surface area contributed by atoms with Crippen molar-refractivity contribution in [1.82, 2.24) is 10.3 Å². The molecule has 19 heavy (non-hydrogen) atoms. The number of hydrogen-bond donors (Lipinski definition) is 1. The topological polar surface area (TPSA) is 37.4 Å². The van der Waals surface area contributed by atoms with Crippen molar-refractivity contribution in [2.45, 2.75) is 19.9 Å². The molecule has 2 heterocycles. The number of hydrogen-bond acceptors (Lipinski definition) is 4. The first-order valence-corrected chi connectivity index (χ1v) is 6.84. The molecule has 1 aliphatic heterocycles. The Balaban J connectivity index is 2.08. The zero-order chi connectivity index (χ0) is 13.7. The lowest BCUT2D eigenvalue weighted by Crippen LogP contribution is -2.24. The molecule has 0 saturated carbocycles. The molecule has 1 atom stereocenters. The molecule has 1 unspecified atom stereocenters. The average Bonchev–Trinajstić information content (AvgIpc) is 2.86. The maximum absolute atomic E-state index is 14.4. The van der Waals surface area contributed by atoms with Gasteiger partial charge in [0.1, 0.15) is 0 Å². The van der Waals surface area contributed by atoms with E-state index in [1.165, 1.54) is 0 Å². The van der Waals surface area contributed by atoms with Crippen molar-refractivity contribution in [1.29, 1.82) is 0 Å². The van der Waals surface area contributed by atoms with E-state index in [9.17, 15) is 4.39 Å². The van der Waals surface area contributed by atoms with E-state index in [1.54, 1.807) is 19.4 Å². The highest BCUT2D eigenvalue weighted by Crippen LogP contribution is 2.26. The lowest BCUT2D eigenvalue weighted by atomic mass is 10.1. The molecule has 4 nitrogen and oxygen atoms in total. The predicted molar refractivity (Wildman–Crippen MR) is 73.8 cm³/mol. The van der Waals surface area contributed by atoms with Crippen molar-refractivity contribution in [2.75, 3.05) is 38.3 Å². The van der Waals surface area contributed by atoms with Gasteiger partial charge in [-0.3, -0.25) is 0 Å². The van der Waals surface area contributed by atoms with E-state index >= 15 is 0 Å². The molecular formula is C14H22FN3O. The fourth-order valence-electron chi connectivity index (χ4n) is 2.48. The van der Waals surface area contributed by atoms with Crippen LogP contribution in [0.4, 0.5) is 10.2 Å². The summed E-state index contributed by atoms with van der Waals surface area (Å²) in [5.74, 6) is 0.763. The molecule has 1 fully saturated rings. The number of nitrogens with zero attached hydrogens (tertiary/aromatic N) is 2. The third-order valence-corrected chi connectivity index (χ3v) is 3.50. The Hall–Kier alpha value is -1.20. The van der Waals surface area contributed by atoms with E-state index < -0.39 is 0 Å². The van der Waals surface area contributed by atoms with Gasteiger partial charge in [-0.15, -0.1) is 0 Å². The van der Waals surface area contributed by atoms with Crippen LogP contribution in [0.3, 0.4) is 0 Å². The van der Waals surface area contributed by atoms with Gasteiger partial charge in [0, 0.05) is 44.4 Å². The molecule has 106 valence electrons. The molecular weight excluding hydrogens is 245 g/mol. The van der Waals surface area contributed by atoms with Crippen LogP contribution in [0.1, 0.15) is 18.9 Å². The zero-order valence-corrected chi connectivity index (χ0v) is 11.7. The fourth-order valence-corrected chi connectivity index (χ4v) is 2.48. The van der Waals surface area contributed by atoms with Crippen molar-refractivity contribution < 1.29 is 9.13 Å². The Morgan fingerprint density at radius 1 is 1.58 bits per heavy atom. The number of anilines is 1. The molecule has 1 aromatic rings. The van der Waals surface area contributed by atoms with Gasteiger partial charge < -0.3 is 15.0 Å². The number of ether oxygens (including phenoxy) is 1. The smallest absolute Gasteiger partial charge is 0.170 e. The standard InChI is InChI=1S/C14H22FN3O/c1-3-16-8-12-4-6-17-14(13(12)15)18-7-5-11(9-18)10-19-2/h4,6,11,16H,3,5,7-10H2,1-2H3. The number of nitrogens with one attached hydrogen (secondary N) is 1. The molecule has 0 spiro atoms. The summed E-state index contributed by atoms with van der Waals surface area (Å²) in [6, 6.07) is 1.74. The minimum atomic E-state index is -0.193. The van der Waals surface area contributed by atoms with Gasteiger partial charge in [-0.2, -0.15) is 0 Å². The first kappa shape index (κ1) is 14.2. The normalized spacial score (nSPS) is 19.1. The Morgan fingerprint density at radius 2 is 2.42 bits per heavy atom. The molecule has 2 rings (SSSR count). The van der Waals surface area contributed by atoms with Gasteiger partial charge in [0.15, 0.2) is 11.6 Å². The summed E-state index contributed by atoms with van der Waals surface area (Å²) >= 11 is 0. The van der Waals surface area contributed by atoms with Crippen LogP contribution in [0.2, 0.25) is 0 Å². The maximum atomic E-state index is 14.4. The highest BCUT2D eigenvalue weighted by molar-refractivity contribution is 5.44. The van der Waals surface area contributed by atoms with Gasteiger partial charge in [-0.25, -0.2) is 9.37 Å². The van der Waals surface area contributed by atoms with Crippen LogP contribution in [0.15, 0.2) is 12.3 Å². The van der Waals surface area contributed by atoms with E-state index in [0.717, 1.165) is 32.7 Å². The lowest BCUT2D eigenvalue weighted by molar-refractivity contribution is 0.161. The van der Waals surface area contributed by atoms with Crippen LogP contribution in [0.5, 0.6) is 0 Å². The second-order valence-corrected chi connectivity index (χ2v) is 4.94. The van der Waals surface area contributed by atoms with E-state index in [0.29, 0.717) is 23.8 Å². The SMILES string of the molecule is CCNCc1ccnc(N2CCC(COC)C2)c1F. The van der Waals surface area contributed by atoms with Crippen LogP contribution < -0.4 is 10.2 Å². The van der Waals surface area contributed by atoms with Crippen molar-refractivity contribution in [2.24, 2.45) is 5.92 Å². The largest absolute Gasteiger partial charge is 0.384 e. The van der Waals surface area contributed by atoms with E-state index in [1.807, 2.05) is 11.8 Å². The molecule has 0 bridgehead atoms. The average molecular weight is 267 g/mol. The fraction of sp³-hybridized carbons (Fsp3) is 0.643. The molecule has 0 aromatic carbocycles. The van der Waals surface area contributed by atoms with Gasteiger partial charge in [0.05, 0.1) is 6.61 Å². The maximum Gasteiger partial charge on any atom is 0.170 e. The second-order valence-electron chi connectivity index (χ2n) is 4.94. The highest BCUT2D eigenvalue weighted by atomic mass is 19.1. The van der Waals surface area contributed by atoms with Gasteiger partial charge in [0.2, 0.25) is 0 Å². The van der Waals surface area contributed by atoms with E-state index in [-0.39, 0.29) is 5.82 Å². The molecule has 0 amide bonds. The van der Waals surface area contributed by atoms with Crippen molar-refractivity contribution >= 4 is 5.82 Å². The number of methoxy groups -OCH3 is 1. The third kappa shape index (κ3) is 3.42. The van der Waals surface area contributed by atoms with Crippen LogP contribution in [-0.2, 0) is 11.3 Å². The molecule has 0 aliphatic carbocycles. The van der Waals surface area contributed by atoms with Gasteiger partial charge in [0.25, 0.3) is 0 Å². The molecule has 1 aliphatic rings. The predicted octanol–water partition coefficient (Wildman–Crippen LogP) is 1.80. The van der Waals surface area contributed by atoms with Crippen molar-refractivity contribution in [3.05, 3.63) is 23.6 Å². The molecule has 1 N–H and O–H groups in total. The molecule has 0 radical (unpaired) electrons. The summed E-state index contributed by atoms with van der Waals surface area (Å²) in [5, 5.41) is 3.15. The Morgan fingerprint density at radius 3 is 3.16 bits per heavy atom. The third-order valence-electron chi connectivity index (χ3n) is 3.50. The van der Waals surface area contributed by atoms with Gasteiger partial charge >= 0.3 is 0 Å². The monoisotopic (exact) mass is 267 g/mol. The number of pyridine rings is 1. The number of halogens is 1. The summed E-state index contributed by atoms with van der Waals surface area (Å²) in [6.45, 7) is 5.79. The second kappa shape index (κ2) is 6.82. The highest BCUT2D eigenvalue weighted by Gasteiger charge is 2.26. The van der Waals surface area contributed by atoms with Crippen molar-refractivity contribution in [3.63, 3.8) is 0 Å². The first-order valence-electron chi connectivity index (χ1n) is 6.84. The first-order chi connectivity index (χ1) is 9.26. The Labute approximate surface area is 114 Å². The summed E-state index contributed by atoms with van der Waals surface area (Å²) in [6.07, 6.45) is 2.72. The molecule has 1 aromatic heterocycles. The van der Waals surface area contributed by atoms with Crippen LogP contribution in [0.25, 0.3) is 0 Å². The summed E-state index contributed by atoms with van der Waals surface area (Å²) in [7, 11) is 1.71. The summed E-state index contributed by atoms with van der Waals surface area (Å²) in [5.41, 5.74) is 0.682. The number of rotatable bonds is 6. The van der Waals surface area contributed by atoms with Crippen LogP contribution in [0, 0.1) is 11.7 Å². The molecule has 1 saturated heterocycles. The Kier molecular flexibility index (Phi) is 5.10. The Bertz CT molecular complexity index is 414. The van der Waals surface area contributed by atoms with Gasteiger partial charge in [-0.1, -0.05) is 6.92 Å². The van der Waals surface area contributed by atoms with Crippen LogP contribution >= 0.6 is 0 Å². The molecule has 5 heteroatoms. The zero-order valence-electron chi connectivity index (χ0n) is 11.7. The lowest BCUT2D eigenvalue weighted by Gasteiger charge is -2.19. The number of aromatic nitrogens is 1. The van der Waals surface area contributed by atoms with E-state index in [2.05, 4.69) is 10.3 Å². The van der Waals surface area contributed by atoms with Gasteiger partial charge in [-0.05, 0) is 19.0 Å². The summed E-state index contributed by atoms with van der Waals surface area (Å²) < 4.78 is 19.6. The van der Waals surface area contributed by atoms with Crippen LogP contribution in [-0.4, -0.2) is 38.3 Å². The minimum absolute atomic E-state index is 0.193. The van der Waals surface area contributed by atoms with Crippen molar-refractivity contribution in [3.8, 4) is 0 Å². The minimum Gasteiger partial charge on any atom is -0.384 e.